The summed E-state index contributed by atoms with van der Waals surface area (Å²) in [7, 11) is -4.01. The number of hydrogen-bond donors (Lipinski definition) is 1. The zero-order valence-corrected chi connectivity index (χ0v) is 14.6. The third-order valence-electron chi connectivity index (χ3n) is 4.30. The predicted molar refractivity (Wildman–Crippen MR) is 97.0 cm³/mol. The van der Waals surface area contributed by atoms with Crippen molar-refractivity contribution < 1.29 is 22.4 Å². The van der Waals surface area contributed by atoms with Crippen LogP contribution in [0.4, 0.5) is 10.1 Å². The van der Waals surface area contributed by atoms with Crippen molar-refractivity contribution in [1.29, 1.82) is 0 Å². The first-order valence-electron chi connectivity index (χ1n) is 7.98. The van der Waals surface area contributed by atoms with Crippen LogP contribution in [0.2, 0.25) is 0 Å². The molecule has 134 valence electrons. The third kappa shape index (κ3) is 2.92. The van der Waals surface area contributed by atoms with E-state index in [4.69, 9.17) is 0 Å². The second-order valence-corrected chi connectivity index (χ2v) is 7.71. The van der Waals surface area contributed by atoms with Crippen LogP contribution in [0.15, 0.2) is 71.6 Å². The molecule has 0 fully saturated rings. The molecular weight excluding hydrogens is 369 g/mol. The fourth-order valence-corrected chi connectivity index (χ4v) is 4.06. The molecule has 0 atom stereocenters. The fourth-order valence-electron chi connectivity index (χ4n) is 2.98. The van der Waals surface area contributed by atoms with Crippen molar-refractivity contribution in [3.8, 4) is 0 Å². The summed E-state index contributed by atoms with van der Waals surface area (Å²) in [5.74, 6) is -1.22. The molecule has 3 aromatic carbocycles. The van der Waals surface area contributed by atoms with E-state index in [0.29, 0.717) is 5.56 Å². The molecule has 0 aromatic heterocycles. The van der Waals surface area contributed by atoms with Gasteiger partial charge in [0.2, 0.25) is 0 Å². The minimum atomic E-state index is -4.01. The van der Waals surface area contributed by atoms with E-state index < -0.39 is 21.6 Å². The summed E-state index contributed by atoms with van der Waals surface area (Å²) in [5, 5.41) is 0. The smallest absolute Gasteiger partial charge is 0.261 e. The fraction of sp³-hybridized carbons (Fsp3) is 0. The van der Waals surface area contributed by atoms with Crippen molar-refractivity contribution >= 4 is 27.3 Å². The summed E-state index contributed by atoms with van der Waals surface area (Å²) < 4.78 is 40.5. The van der Waals surface area contributed by atoms with Gasteiger partial charge in [-0.25, -0.2) is 12.8 Å². The van der Waals surface area contributed by atoms with Crippen molar-refractivity contribution in [2.75, 3.05) is 4.72 Å². The molecule has 0 heterocycles. The highest BCUT2D eigenvalue weighted by molar-refractivity contribution is 7.92. The zero-order chi connectivity index (χ0) is 19.2. The van der Waals surface area contributed by atoms with E-state index in [1.165, 1.54) is 36.4 Å². The topological polar surface area (TPSA) is 80.3 Å². The van der Waals surface area contributed by atoms with Crippen molar-refractivity contribution in [2.24, 2.45) is 0 Å². The highest BCUT2D eigenvalue weighted by Gasteiger charge is 2.30. The van der Waals surface area contributed by atoms with Gasteiger partial charge in [0.15, 0.2) is 11.6 Å². The second-order valence-electron chi connectivity index (χ2n) is 6.02. The van der Waals surface area contributed by atoms with Gasteiger partial charge in [0.05, 0.1) is 4.90 Å². The highest BCUT2D eigenvalue weighted by atomic mass is 32.2. The lowest BCUT2D eigenvalue weighted by Crippen LogP contribution is -2.22. The summed E-state index contributed by atoms with van der Waals surface area (Å²) in [6, 6.07) is 15.0. The van der Waals surface area contributed by atoms with Crippen LogP contribution in [0, 0.1) is 5.82 Å². The second kappa shape index (κ2) is 6.14. The van der Waals surface area contributed by atoms with Gasteiger partial charge >= 0.3 is 0 Å². The molecule has 4 rings (SSSR count). The van der Waals surface area contributed by atoms with E-state index >= 15 is 0 Å². The normalized spacial score (nSPS) is 13.1. The van der Waals surface area contributed by atoms with Crippen LogP contribution < -0.4 is 4.72 Å². The molecule has 0 saturated carbocycles. The average Bonchev–Trinajstić information content (AvgIpc) is 2.67. The van der Waals surface area contributed by atoms with E-state index in [1.807, 2.05) is 0 Å². The summed E-state index contributed by atoms with van der Waals surface area (Å²) in [5.41, 5.74) is 0.938. The lowest BCUT2D eigenvalue weighted by molar-refractivity contribution is 0.0979. The maximum absolute atomic E-state index is 13.0. The molecule has 1 N–H and O–H groups in total. The maximum Gasteiger partial charge on any atom is 0.261 e. The minimum Gasteiger partial charge on any atom is -0.289 e. The Kier molecular flexibility index (Phi) is 3.89. The van der Waals surface area contributed by atoms with E-state index in [9.17, 15) is 22.4 Å². The average molecular weight is 381 g/mol. The molecule has 0 amide bonds. The van der Waals surface area contributed by atoms with E-state index in [2.05, 4.69) is 4.72 Å². The van der Waals surface area contributed by atoms with Gasteiger partial charge in [0.25, 0.3) is 10.0 Å². The molecule has 5 nitrogen and oxygen atoms in total. The molecule has 0 unspecified atom stereocenters. The monoisotopic (exact) mass is 381 g/mol. The van der Waals surface area contributed by atoms with Gasteiger partial charge in [-0.15, -0.1) is 0 Å². The molecule has 3 aromatic rings. The van der Waals surface area contributed by atoms with Crippen molar-refractivity contribution in [2.45, 2.75) is 4.90 Å². The van der Waals surface area contributed by atoms with Crippen LogP contribution in [0.25, 0.3) is 0 Å². The van der Waals surface area contributed by atoms with Crippen LogP contribution in [-0.4, -0.2) is 20.0 Å². The predicted octanol–water partition coefficient (Wildman–Crippen LogP) is 3.40. The van der Waals surface area contributed by atoms with Gasteiger partial charge in [-0.3, -0.25) is 14.3 Å². The van der Waals surface area contributed by atoms with Gasteiger partial charge < -0.3 is 0 Å². The first-order valence-corrected chi connectivity index (χ1v) is 9.46. The van der Waals surface area contributed by atoms with E-state index in [1.54, 1.807) is 18.2 Å². The summed E-state index contributed by atoms with van der Waals surface area (Å²) >= 11 is 0. The number of halogens is 1. The van der Waals surface area contributed by atoms with Gasteiger partial charge in [-0.2, -0.15) is 0 Å². The number of sulfonamides is 1. The Balaban J connectivity index is 1.75. The molecule has 1 aliphatic carbocycles. The van der Waals surface area contributed by atoms with Crippen LogP contribution >= 0.6 is 0 Å². The number of fused-ring (bicyclic) bond motifs is 2. The number of ketones is 2. The number of hydrogen-bond acceptors (Lipinski definition) is 4. The molecule has 7 heteroatoms. The molecule has 0 bridgehead atoms. The highest BCUT2D eigenvalue weighted by Crippen LogP contribution is 2.29. The van der Waals surface area contributed by atoms with Crippen LogP contribution in [0.5, 0.6) is 0 Å². The Morgan fingerprint density at radius 3 is 1.89 bits per heavy atom. The molecular formula is C20H12FNO4S. The van der Waals surface area contributed by atoms with Crippen LogP contribution in [-0.2, 0) is 10.0 Å². The van der Waals surface area contributed by atoms with Crippen molar-refractivity contribution in [3.05, 3.63) is 94.8 Å². The number of carbonyl (C=O) groups is 2. The Morgan fingerprint density at radius 1 is 0.704 bits per heavy atom. The minimum absolute atomic E-state index is 0.0423. The maximum atomic E-state index is 13.0. The van der Waals surface area contributed by atoms with Gasteiger partial charge in [0, 0.05) is 27.9 Å². The number of benzene rings is 3. The Labute approximate surface area is 154 Å². The lowest BCUT2D eigenvalue weighted by Gasteiger charge is -2.18. The summed E-state index contributed by atoms with van der Waals surface area (Å²) in [6.45, 7) is 0. The SMILES string of the molecule is O=C1c2ccccc2C(=O)c2cc(S(=O)(=O)Nc3ccc(F)cc3)ccc21. The number of nitrogens with one attached hydrogen (secondary N) is 1. The lowest BCUT2D eigenvalue weighted by atomic mass is 9.84. The summed E-state index contributed by atoms with van der Waals surface area (Å²) in [4.78, 5) is 25.1. The number of anilines is 1. The molecule has 0 radical (unpaired) electrons. The Morgan fingerprint density at radius 2 is 1.26 bits per heavy atom. The van der Waals surface area contributed by atoms with Crippen molar-refractivity contribution in [3.63, 3.8) is 0 Å². The molecule has 27 heavy (non-hydrogen) atoms. The number of carbonyl (C=O) groups excluding carboxylic acids is 2. The third-order valence-corrected chi connectivity index (χ3v) is 5.68. The van der Waals surface area contributed by atoms with Crippen LogP contribution in [0.1, 0.15) is 31.8 Å². The first-order chi connectivity index (χ1) is 12.9. The van der Waals surface area contributed by atoms with Gasteiger partial charge in [-0.1, -0.05) is 24.3 Å². The Bertz CT molecular complexity index is 1200. The zero-order valence-electron chi connectivity index (χ0n) is 13.8. The molecule has 0 spiro atoms. The van der Waals surface area contributed by atoms with Gasteiger partial charge in [0.1, 0.15) is 5.82 Å². The van der Waals surface area contributed by atoms with Crippen LogP contribution in [0.3, 0.4) is 0 Å². The van der Waals surface area contributed by atoms with Gasteiger partial charge in [-0.05, 0) is 42.5 Å². The van der Waals surface area contributed by atoms with E-state index in [0.717, 1.165) is 12.1 Å². The summed E-state index contributed by atoms with van der Waals surface area (Å²) in [6.07, 6.45) is 0. The Hall–Kier alpha value is -3.32. The molecule has 0 saturated heterocycles. The van der Waals surface area contributed by atoms with E-state index in [-0.39, 0.29) is 33.1 Å². The van der Waals surface area contributed by atoms with Crippen molar-refractivity contribution in [1.82, 2.24) is 0 Å². The quantitative estimate of drug-likeness (QED) is 0.590. The largest absolute Gasteiger partial charge is 0.289 e. The number of rotatable bonds is 3. The standard InChI is InChI=1S/C20H12FNO4S/c21-12-5-7-13(8-6-12)22-27(25,26)14-9-10-17-18(11-14)20(24)16-4-2-1-3-15(16)19(17)23/h1-11,22H. The molecule has 0 aliphatic heterocycles. The first kappa shape index (κ1) is 17.1. The molecule has 1 aliphatic rings.